The number of rotatable bonds is 3. The van der Waals surface area contributed by atoms with Crippen molar-refractivity contribution in [3.63, 3.8) is 0 Å². The van der Waals surface area contributed by atoms with Gasteiger partial charge in [0.1, 0.15) is 5.76 Å². The van der Waals surface area contributed by atoms with Gasteiger partial charge in [-0.25, -0.2) is 0 Å². The van der Waals surface area contributed by atoms with E-state index in [1.54, 1.807) is 31.2 Å². The summed E-state index contributed by atoms with van der Waals surface area (Å²) in [5.41, 5.74) is 0.387. The zero-order valence-corrected chi connectivity index (χ0v) is 19.0. The number of benzene rings is 3. The van der Waals surface area contributed by atoms with Crippen molar-refractivity contribution < 1.29 is 27.9 Å². The Balaban J connectivity index is 1.93. The second kappa shape index (κ2) is 8.81. The molecular weight excluding hydrogens is 490 g/mol. The summed E-state index contributed by atoms with van der Waals surface area (Å²) in [5.74, 6) is -2.43. The average molecular weight is 506 g/mol. The van der Waals surface area contributed by atoms with E-state index in [0.717, 1.165) is 29.2 Å². The Morgan fingerprint density at radius 3 is 2.18 bits per heavy atom. The highest BCUT2D eigenvalue weighted by Gasteiger charge is 2.47. The third-order valence-corrected chi connectivity index (χ3v) is 6.33. The first-order valence-electron chi connectivity index (χ1n) is 10.00. The molecule has 0 saturated carbocycles. The Morgan fingerprint density at radius 2 is 1.59 bits per heavy atom. The fourth-order valence-corrected chi connectivity index (χ4v) is 4.19. The van der Waals surface area contributed by atoms with Gasteiger partial charge in [-0.15, -0.1) is 0 Å². The zero-order chi connectivity index (χ0) is 24.8. The standard InChI is InChI=1S/C25H16Cl2F3NO3/c1-13-4-2-3-5-17(13)21-20(22(32)14-6-11-18(26)19(27)12-14)23(33)24(34)31(21)16-9-7-15(8-10-16)25(28,29)30/h2-12,21,32H,1H3/b22-20+. The van der Waals surface area contributed by atoms with Gasteiger partial charge in [-0.1, -0.05) is 47.5 Å². The minimum Gasteiger partial charge on any atom is -0.507 e. The zero-order valence-electron chi connectivity index (χ0n) is 17.5. The molecule has 174 valence electrons. The topological polar surface area (TPSA) is 57.6 Å². The van der Waals surface area contributed by atoms with Gasteiger partial charge in [-0.2, -0.15) is 13.2 Å². The van der Waals surface area contributed by atoms with Crippen molar-refractivity contribution >= 4 is 46.3 Å². The summed E-state index contributed by atoms with van der Waals surface area (Å²) in [4.78, 5) is 27.3. The molecule has 1 N–H and O–H groups in total. The van der Waals surface area contributed by atoms with Gasteiger partial charge in [0, 0.05) is 11.3 Å². The van der Waals surface area contributed by atoms with E-state index in [-0.39, 0.29) is 26.9 Å². The number of aliphatic hydroxyl groups excluding tert-OH is 1. The number of hydrogen-bond acceptors (Lipinski definition) is 3. The lowest BCUT2D eigenvalue weighted by Crippen LogP contribution is -2.29. The van der Waals surface area contributed by atoms with Crippen LogP contribution in [0.1, 0.15) is 28.3 Å². The van der Waals surface area contributed by atoms with E-state index < -0.39 is 35.2 Å². The van der Waals surface area contributed by atoms with Crippen LogP contribution in [0.5, 0.6) is 0 Å². The lowest BCUT2D eigenvalue weighted by molar-refractivity contribution is -0.137. The molecule has 1 unspecified atom stereocenters. The van der Waals surface area contributed by atoms with Crippen LogP contribution in [0.4, 0.5) is 18.9 Å². The fraction of sp³-hybridized carbons (Fsp3) is 0.120. The number of ketones is 1. The number of aliphatic hydroxyl groups is 1. The van der Waals surface area contributed by atoms with Gasteiger partial charge in [0.05, 0.1) is 27.2 Å². The van der Waals surface area contributed by atoms with Crippen LogP contribution in [0.25, 0.3) is 5.76 Å². The molecule has 0 aromatic heterocycles. The van der Waals surface area contributed by atoms with Gasteiger partial charge in [0.25, 0.3) is 11.7 Å². The van der Waals surface area contributed by atoms with Crippen molar-refractivity contribution in [2.75, 3.05) is 4.90 Å². The first kappa shape index (κ1) is 23.9. The second-order valence-corrected chi connectivity index (χ2v) is 8.51. The van der Waals surface area contributed by atoms with Gasteiger partial charge in [0.2, 0.25) is 0 Å². The van der Waals surface area contributed by atoms with Crippen LogP contribution in [-0.4, -0.2) is 16.8 Å². The van der Waals surface area contributed by atoms with Crippen molar-refractivity contribution in [2.24, 2.45) is 0 Å². The Bertz CT molecular complexity index is 1330. The number of Topliss-reactive ketones (excluding diaryl/α,β-unsaturated/α-hetero) is 1. The van der Waals surface area contributed by atoms with Crippen LogP contribution in [0.15, 0.2) is 72.3 Å². The number of aryl methyl sites for hydroxylation is 1. The van der Waals surface area contributed by atoms with Crippen molar-refractivity contribution in [3.8, 4) is 0 Å². The van der Waals surface area contributed by atoms with Gasteiger partial charge >= 0.3 is 6.18 Å². The van der Waals surface area contributed by atoms with Crippen molar-refractivity contribution in [3.05, 3.63) is 105 Å². The van der Waals surface area contributed by atoms with E-state index in [4.69, 9.17) is 23.2 Å². The van der Waals surface area contributed by atoms with Crippen LogP contribution >= 0.6 is 23.2 Å². The van der Waals surface area contributed by atoms with Crippen LogP contribution in [0.3, 0.4) is 0 Å². The molecule has 3 aromatic rings. The Hall–Kier alpha value is -3.29. The van der Waals surface area contributed by atoms with E-state index >= 15 is 0 Å². The Labute approximate surface area is 202 Å². The number of carbonyl (C=O) groups is 2. The molecule has 1 aliphatic heterocycles. The highest BCUT2D eigenvalue weighted by Crippen LogP contribution is 2.44. The predicted octanol–water partition coefficient (Wildman–Crippen LogP) is 6.95. The molecule has 4 rings (SSSR count). The lowest BCUT2D eigenvalue weighted by Gasteiger charge is -2.27. The number of amides is 1. The SMILES string of the molecule is Cc1ccccc1C1/C(=C(\O)c2ccc(Cl)c(Cl)c2)C(=O)C(=O)N1c1ccc(C(F)(F)F)cc1. The highest BCUT2D eigenvalue weighted by molar-refractivity contribution is 6.51. The van der Waals surface area contributed by atoms with E-state index in [1.165, 1.54) is 18.2 Å². The first-order chi connectivity index (χ1) is 16.0. The summed E-state index contributed by atoms with van der Waals surface area (Å²) in [6.07, 6.45) is -4.56. The molecule has 3 aromatic carbocycles. The molecule has 0 radical (unpaired) electrons. The summed E-state index contributed by atoms with van der Waals surface area (Å²) in [7, 11) is 0. The number of halogens is 5. The monoisotopic (exact) mass is 505 g/mol. The molecular formula is C25H16Cl2F3NO3. The van der Waals surface area contributed by atoms with Crippen molar-refractivity contribution in [1.29, 1.82) is 0 Å². The minimum absolute atomic E-state index is 0.0801. The van der Waals surface area contributed by atoms with Crippen LogP contribution < -0.4 is 4.90 Å². The quantitative estimate of drug-likeness (QED) is 0.238. The molecule has 0 bridgehead atoms. The van der Waals surface area contributed by atoms with Crippen molar-refractivity contribution in [2.45, 2.75) is 19.1 Å². The van der Waals surface area contributed by atoms with E-state index in [9.17, 15) is 27.9 Å². The summed E-state index contributed by atoms with van der Waals surface area (Å²) in [6, 6.07) is 14.0. The minimum atomic E-state index is -4.56. The highest BCUT2D eigenvalue weighted by atomic mass is 35.5. The normalized spacial score (nSPS) is 17.9. The number of anilines is 1. The predicted molar refractivity (Wildman–Crippen MR) is 124 cm³/mol. The van der Waals surface area contributed by atoms with E-state index in [2.05, 4.69) is 0 Å². The summed E-state index contributed by atoms with van der Waals surface area (Å²) in [6.45, 7) is 1.77. The largest absolute Gasteiger partial charge is 0.507 e. The van der Waals surface area contributed by atoms with Crippen LogP contribution in [0.2, 0.25) is 10.0 Å². The van der Waals surface area contributed by atoms with Gasteiger partial charge in [-0.05, 0) is 60.5 Å². The lowest BCUT2D eigenvalue weighted by atomic mass is 9.92. The van der Waals surface area contributed by atoms with Crippen molar-refractivity contribution in [1.82, 2.24) is 0 Å². The molecule has 4 nitrogen and oxygen atoms in total. The average Bonchev–Trinajstić information content (AvgIpc) is 3.05. The van der Waals surface area contributed by atoms with Gasteiger partial charge in [0.15, 0.2) is 0 Å². The number of alkyl halides is 3. The Kier molecular flexibility index (Phi) is 6.18. The number of nitrogens with zero attached hydrogens (tertiary/aromatic N) is 1. The number of hydrogen-bond donors (Lipinski definition) is 1. The maximum Gasteiger partial charge on any atom is 0.416 e. The molecule has 34 heavy (non-hydrogen) atoms. The molecule has 1 fully saturated rings. The number of carbonyl (C=O) groups excluding carboxylic acids is 2. The molecule has 0 aliphatic carbocycles. The van der Waals surface area contributed by atoms with Gasteiger partial charge in [-0.3, -0.25) is 14.5 Å². The maximum absolute atomic E-state index is 13.1. The van der Waals surface area contributed by atoms with Gasteiger partial charge < -0.3 is 5.11 Å². The molecule has 1 heterocycles. The fourth-order valence-electron chi connectivity index (χ4n) is 3.90. The summed E-state index contributed by atoms with van der Waals surface area (Å²) >= 11 is 12.0. The smallest absolute Gasteiger partial charge is 0.416 e. The third kappa shape index (κ3) is 4.17. The molecule has 1 atom stereocenters. The summed E-state index contributed by atoms with van der Waals surface area (Å²) < 4.78 is 39.2. The van der Waals surface area contributed by atoms with E-state index in [1.807, 2.05) is 0 Å². The molecule has 1 amide bonds. The molecule has 1 aliphatic rings. The van der Waals surface area contributed by atoms with Crippen LogP contribution in [0, 0.1) is 6.92 Å². The third-order valence-electron chi connectivity index (χ3n) is 5.59. The van der Waals surface area contributed by atoms with E-state index in [0.29, 0.717) is 11.1 Å². The molecule has 1 saturated heterocycles. The first-order valence-corrected chi connectivity index (χ1v) is 10.8. The van der Waals surface area contributed by atoms with Crippen LogP contribution in [-0.2, 0) is 15.8 Å². The maximum atomic E-state index is 13.1. The molecule has 0 spiro atoms. The Morgan fingerprint density at radius 1 is 0.941 bits per heavy atom. The summed E-state index contributed by atoms with van der Waals surface area (Å²) in [5, 5.41) is 11.5. The second-order valence-electron chi connectivity index (χ2n) is 7.70. The molecule has 9 heteroatoms.